The van der Waals surface area contributed by atoms with Crippen molar-refractivity contribution >= 4 is 21.6 Å². The molecule has 1 N–H and O–H groups in total. The molecule has 0 aromatic heterocycles. The number of amides is 1. The lowest BCUT2D eigenvalue weighted by molar-refractivity contribution is -0.120. The van der Waals surface area contributed by atoms with Gasteiger partial charge in [-0.3, -0.25) is 9.10 Å². The maximum Gasteiger partial charge on any atom is 0.265 e. The fourth-order valence-corrected chi connectivity index (χ4v) is 5.05. The first-order chi connectivity index (χ1) is 16.3. The number of sulfonamides is 1. The number of ether oxygens (including phenoxy) is 5. The number of anilines is 1. The lowest BCUT2D eigenvalue weighted by Gasteiger charge is -2.26. The van der Waals surface area contributed by atoms with Crippen molar-refractivity contribution in [3.05, 3.63) is 36.4 Å². The van der Waals surface area contributed by atoms with Gasteiger partial charge in [0.15, 0.2) is 11.5 Å². The van der Waals surface area contributed by atoms with Crippen LogP contribution in [-0.4, -0.2) is 68.6 Å². The molecule has 1 amide bonds. The zero-order valence-electron chi connectivity index (χ0n) is 19.7. The topological polar surface area (TPSA) is 113 Å². The second-order valence-electron chi connectivity index (χ2n) is 7.51. The van der Waals surface area contributed by atoms with E-state index in [1.807, 2.05) is 0 Å². The van der Waals surface area contributed by atoms with Crippen molar-refractivity contribution in [2.45, 2.75) is 23.8 Å². The van der Waals surface area contributed by atoms with Gasteiger partial charge in [0.2, 0.25) is 5.91 Å². The average Bonchev–Trinajstić information content (AvgIpc) is 3.38. The second-order valence-corrected chi connectivity index (χ2v) is 9.37. The van der Waals surface area contributed by atoms with Gasteiger partial charge in [-0.05, 0) is 37.1 Å². The summed E-state index contributed by atoms with van der Waals surface area (Å²) in [7, 11) is 1.52. The number of rotatable bonds is 11. The van der Waals surface area contributed by atoms with Gasteiger partial charge in [0.25, 0.3) is 10.0 Å². The molecule has 0 saturated carbocycles. The quantitative estimate of drug-likeness (QED) is 0.506. The van der Waals surface area contributed by atoms with E-state index in [-0.39, 0.29) is 28.2 Å². The SMILES string of the molecule is COc1ccc(OC)c(N(CC(=O)NC[C@H]2CCCO2)S(=O)(=O)c2ccc(OC)c(OC)c2)c1. The Morgan fingerprint density at radius 2 is 1.71 bits per heavy atom. The smallest absolute Gasteiger partial charge is 0.265 e. The van der Waals surface area contributed by atoms with E-state index in [1.54, 1.807) is 12.1 Å². The van der Waals surface area contributed by atoms with Crippen molar-refractivity contribution in [2.24, 2.45) is 0 Å². The summed E-state index contributed by atoms with van der Waals surface area (Å²) in [6.07, 6.45) is 1.70. The molecule has 1 aliphatic heterocycles. The number of nitrogens with one attached hydrogen (secondary N) is 1. The van der Waals surface area contributed by atoms with E-state index in [4.69, 9.17) is 23.7 Å². The highest BCUT2D eigenvalue weighted by atomic mass is 32.2. The van der Waals surface area contributed by atoms with Gasteiger partial charge in [0.1, 0.15) is 18.0 Å². The van der Waals surface area contributed by atoms with Crippen molar-refractivity contribution in [2.75, 3.05) is 52.4 Å². The van der Waals surface area contributed by atoms with Crippen LogP contribution in [0.4, 0.5) is 5.69 Å². The van der Waals surface area contributed by atoms with Crippen LogP contribution in [0.2, 0.25) is 0 Å². The molecule has 2 aromatic rings. The van der Waals surface area contributed by atoms with E-state index in [2.05, 4.69) is 5.32 Å². The van der Waals surface area contributed by atoms with Crippen LogP contribution < -0.4 is 28.6 Å². The third-order valence-electron chi connectivity index (χ3n) is 5.44. The summed E-state index contributed by atoms with van der Waals surface area (Å²) in [4.78, 5) is 12.8. The lowest BCUT2D eigenvalue weighted by Crippen LogP contribution is -2.43. The molecule has 1 atom stereocenters. The Morgan fingerprint density at radius 1 is 1.00 bits per heavy atom. The standard InChI is InChI=1S/C23H30N2O8S/c1-29-16-7-9-20(30-2)19(12-16)25(15-23(26)24-14-17-6-5-11-33-17)34(27,28)18-8-10-21(31-3)22(13-18)32-4/h7-10,12-13,17H,5-6,11,14-15H2,1-4H3,(H,24,26)/t17-/m1/s1. The molecule has 0 spiro atoms. The van der Waals surface area contributed by atoms with Crippen LogP contribution in [0.15, 0.2) is 41.3 Å². The van der Waals surface area contributed by atoms with Crippen molar-refractivity contribution in [3.63, 3.8) is 0 Å². The maximum atomic E-state index is 13.8. The monoisotopic (exact) mass is 494 g/mol. The molecule has 1 aliphatic rings. The zero-order valence-corrected chi connectivity index (χ0v) is 20.5. The molecule has 0 aliphatic carbocycles. The molecule has 10 nitrogen and oxygen atoms in total. The second kappa shape index (κ2) is 11.3. The molecule has 2 aromatic carbocycles. The lowest BCUT2D eigenvalue weighted by atomic mass is 10.2. The Labute approximate surface area is 199 Å². The third-order valence-corrected chi connectivity index (χ3v) is 7.19. The zero-order chi connectivity index (χ0) is 24.7. The first kappa shape index (κ1) is 25.4. The third kappa shape index (κ3) is 5.65. The summed E-state index contributed by atoms with van der Waals surface area (Å²) in [5.41, 5.74) is 0.156. The van der Waals surface area contributed by atoms with Crippen LogP contribution in [0.3, 0.4) is 0 Å². The highest BCUT2D eigenvalue weighted by molar-refractivity contribution is 7.92. The minimum absolute atomic E-state index is 0.0776. The van der Waals surface area contributed by atoms with Crippen molar-refractivity contribution in [1.29, 1.82) is 0 Å². The number of benzene rings is 2. The van der Waals surface area contributed by atoms with Crippen molar-refractivity contribution < 1.29 is 36.9 Å². The minimum atomic E-state index is -4.23. The summed E-state index contributed by atoms with van der Waals surface area (Å²) in [5.74, 6) is 0.800. The van der Waals surface area contributed by atoms with Gasteiger partial charge in [-0.15, -0.1) is 0 Å². The van der Waals surface area contributed by atoms with Crippen LogP contribution in [-0.2, 0) is 19.6 Å². The van der Waals surface area contributed by atoms with Crippen LogP contribution in [0.5, 0.6) is 23.0 Å². The maximum absolute atomic E-state index is 13.8. The molecule has 186 valence electrons. The summed E-state index contributed by atoms with van der Waals surface area (Å²) in [6.45, 7) is 0.479. The van der Waals surface area contributed by atoms with Gasteiger partial charge >= 0.3 is 0 Å². The van der Waals surface area contributed by atoms with E-state index >= 15 is 0 Å². The molecule has 1 saturated heterocycles. The number of hydrogen-bond acceptors (Lipinski definition) is 8. The Hall–Kier alpha value is -3.18. The van der Waals surface area contributed by atoms with Crippen LogP contribution in [0.25, 0.3) is 0 Å². The number of hydrogen-bond donors (Lipinski definition) is 1. The summed E-state index contributed by atoms with van der Waals surface area (Å²) < 4.78 is 55.3. The Balaban J connectivity index is 2.01. The largest absolute Gasteiger partial charge is 0.497 e. The molecular formula is C23H30N2O8S. The fourth-order valence-electron chi connectivity index (χ4n) is 3.61. The first-order valence-corrected chi connectivity index (χ1v) is 12.1. The number of carbonyl (C=O) groups excluding carboxylic acids is 1. The van der Waals surface area contributed by atoms with Crippen LogP contribution in [0, 0.1) is 0 Å². The molecule has 0 bridgehead atoms. The van der Waals surface area contributed by atoms with E-state index < -0.39 is 22.5 Å². The Morgan fingerprint density at radius 3 is 2.32 bits per heavy atom. The highest BCUT2D eigenvalue weighted by Gasteiger charge is 2.31. The van der Waals surface area contributed by atoms with Crippen LogP contribution in [0.1, 0.15) is 12.8 Å². The molecular weight excluding hydrogens is 464 g/mol. The molecule has 3 rings (SSSR count). The molecule has 34 heavy (non-hydrogen) atoms. The summed E-state index contributed by atoms with van der Waals surface area (Å²) >= 11 is 0. The number of methoxy groups -OCH3 is 4. The molecule has 1 heterocycles. The van der Waals surface area contributed by atoms with Gasteiger partial charge in [0.05, 0.1) is 45.1 Å². The number of nitrogens with zero attached hydrogens (tertiary/aromatic N) is 1. The molecule has 0 radical (unpaired) electrons. The van der Waals surface area contributed by atoms with E-state index in [0.717, 1.165) is 17.1 Å². The Bertz CT molecular complexity index is 1100. The minimum Gasteiger partial charge on any atom is -0.497 e. The molecule has 11 heteroatoms. The average molecular weight is 495 g/mol. The van der Waals surface area contributed by atoms with Gasteiger partial charge in [-0.1, -0.05) is 0 Å². The van der Waals surface area contributed by atoms with Gasteiger partial charge in [-0.2, -0.15) is 0 Å². The number of carbonyl (C=O) groups is 1. The fraction of sp³-hybridized carbons (Fsp3) is 0.435. The predicted molar refractivity (Wildman–Crippen MR) is 126 cm³/mol. The predicted octanol–water partition coefficient (Wildman–Crippen LogP) is 2.21. The van der Waals surface area contributed by atoms with Gasteiger partial charge in [0, 0.05) is 25.3 Å². The molecule has 0 unspecified atom stereocenters. The van der Waals surface area contributed by atoms with Gasteiger partial charge < -0.3 is 29.0 Å². The van der Waals surface area contributed by atoms with E-state index in [9.17, 15) is 13.2 Å². The first-order valence-electron chi connectivity index (χ1n) is 10.7. The van der Waals surface area contributed by atoms with Crippen molar-refractivity contribution in [1.82, 2.24) is 5.32 Å². The summed E-state index contributed by atoms with van der Waals surface area (Å²) in [5, 5.41) is 2.77. The highest BCUT2D eigenvalue weighted by Crippen LogP contribution is 2.37. The van der Waals surface area contributed by atoms with E-state index in [1.165, 1.54) is 52.7 Å². The van der Waals surface area contributed by atoms with E-state index in [0.29, 0.717) is 24.7 Å². The summed E-state index contributed by atoms with van der Waals surface area (Å²) in [6, 6.07) is 8.95. The normalized spacial score (nSPS) is 15.5. The van der Waals surface area contributed by atoms with Gasteiger partial charge in [-0.25, -0.2) is 8.42 Å². The van der Waals surface area contributed by atoms with Crippen molar-refractivity contribution in [3.8, 4) is 23.0 Å². The Kier molecular flexibility index (Phi) is 8.46. The molecule has 1 fully saturated rings. The van der Waals surface area contributed by atoms with Crippen LogP contribution >= 0.6 is 0 Å².